The molecule has 29 heavy (non-hydrogen) atoms. The van der Waals surface area contributed by atoms with Crippen molar-refractivity contribution in [3.63, 3.8) is 0 Å². The molecule has 1 atom stereocenters. The number of hydrogen-bond donors (Lipinski definition) is 0. The second-order valence-electron chi connectivity index (χ2n) is 6.70. The largest absolute Gasteiger partial charge is 0.497 e. The Morgan fingerprint density at radius 1 is 0.966 bits per heavy atom. The highest BCUT2D eigenvalue weighted by atomic mass is 35.5. The molecule has 0 amide bonds. The first-order valence-electron chi connectivity index (χ1n) is 9.19. The zero-order chi connectivity index (χ0) is 20.4. The lowest BCUT2D eigenvalue weighted by Crippen LogP contribution is -2.19. The van der Waals surface area contributed by atoms with Gasteiger partial charge in [-0.3, -0.25) is 5.01 Å². The Balaban J connectivity index is 1.77. The first kappa shape index (κ1) is 19.3. The van der Waals surface area contributed by atoms with E-state index in [1.807, 2.05) is 47.5 Å². The highest BCUT2D eigenvalue weighted by Crippen LogP contribution is 2.41. The fourth-order valence-electron chi connectivity index (χ4n) is 3.49. The molecule has 0 saturated heterocycles. The summed E-state index contributed by atoms with van der Waals surface area (Å²) in [7, 11) is 3.27. The van der Waals surface area contributed by atoms with E-state index in [-0.39, 0.29) is 11.9 Å². The average molecular weight is 411 g/mol. The molecule has 0 saturated carbocycles. The van der Waals surface area contributed by atoms with E-state index in [1.54, 1.807) is 26.4 Å². The molecule has 1 aliphatic heterocycles. The maximum absolute atomic E-state index is 13.4. The van der Waals surface area contributed by atoms with Gasteiger partial charge in [0.05, 0.1) is 31.7 Å². The minimum Gasteiger partial charge on any atom is -0.497 e. The van der Waals surface area contributed by atoms with Crippen molar-refractivity contribution in [3.8, 4) is 11.5 Å². The van der Waals surface area contributed by atoms with E-state index >= 15 is 0 Å². The molecule has 0 radical (unpaired) electrons. The SMILES string of the molecule is COc1ccc(C2CC(c3ccc(F)cc3)=NN2c2ccc(Cl)cc2)c(OC)c1. The number of nitrogens with zero attached hydrogens (tertiary/aromatic N) is 2. The number of ether oxygens (including phenoxy) is 2. The number of anilines is 1. The minimum absolute atomic E-state index is 0.0860. The van der Waals surface area contributed by atoms with Gasteiger partial charge in [0.25, 0.3) is 0 Å². The predicted octanol–water partition coefficient (Wildman–Crippen LogP) is 5.85. The number of methoxy groups -OCH3 is 2. The average Bonchev–Trinajstić information content (AvgIpc) is 3.19. The van der Waals surface area contributed by atoms with Gasteiger partial charge >= 0.3 is 0 Å². The van der Waals surface area contributed by atoms with Crippen molar-refractivity contribution in [3.05, 3.63) is 88.7 Å². The highest BCUT2D eigenvalue weighted by Gasteiger charge is 2.32. The summed E-state index contributed by atoms with van der Waals surface area (Å²) in [6.07, 6.45) is 0.650. The van der Waals surface area contributed by atoms with Crippen LogP contribution in [-0.4, -0.2) is 19.9 Å². The number of hydrogen-bond acceptors (Lipinski definition) is 4. The second-order valence-corrected chi connectivity index (χ2v) is 7.14. The molecule has 0 bridgehead atoms. The molecular formula is C23H20ClFN2O2. The van der Waals surface area contributed by atoms with Crippen LogP contribution in [-0.2, 0) is 0 Å². The van der Waals surface area contributed by atoms with E-state index < -0.39 is 0 Å². The molecule has 3 aromatic rings. The zero-order valence-electron chi connectivity index (χ0n) is 16.1. The lowest BCUT2D eigenvalue weighted by atomic mass is 9.97. The van der Waals surface area contributed by atoms with Crippen LogP contribution in [0, 0.1) is 5.82 Å². The third-order valence-corrected chi connectivity index (χ3v) is 5.23. The van der Waals surface area contributed by atoms with Crippen molar-refractivity contribution in [1.29, 1.82) is 0 Å². The molecule has 0 spiro atoms. The maximum Gasteiger partial charge on any atom is 0.127 e. The molecule has 3 aromatic carbocycles. The van der Waals surface area contributed by atoms with Crippen LogP contribution in [0.2, 0.25) is 5.02 Å². The van der Waals surface area contributed by atoms with Gasteiger partial charge in [-0.25, -0.2) is 4.39 Å². The molecule has 1 unspecified atom stereocenters. The van der Waals surface area contributed by atoms with Gasteiger partial charge in [0.1, 0.15) is 17.3 Å². The van der Waals surface area contributed by atoms with Gasteiger partial charge in [-0.05, 0) is 54.1 Å². The van der Waals surface area contributed by atoms with Gasteiger partial charge < -0.3 is 9.47 Å². The Morgan fingerprint density at radius 2 is 1.69 bits per heavy atom. The molecule has 0 fully saturated rings. The smallest absolute Gasteiger partial charge is 0.127 e. The van der Waals surface area contributed by atoms with E-state index in [1.165, 1.54) is 12.1 Å². The van der Waals surface area contributed by atoms with Crippen LogP contribution in [0.4, 0.5) is 10.1 Å². The molecule has 148 valence electrons. The molecule has 1 aliphatic rings. The van der Waals surface area contributed by atoms with Crippen molar-refractivity contribution in [1.82, 2.24) is 0 Å². The van der Waals surface area contributed by atoms with E-state index in [0.29, 0.717) is 11.4 Å². The van der Waals surface area contributed by atoms with E-state index in [9.17, 15) is 4.39 Å². The van der Waals surface area contributed by atoms with Gasteiger partial charge in [-0.15, -0.1) is 0 Å². The minimum atomic E-state index is -0.268. The third kappa shape index (κ3) is 3.91. The van der Waals surface area contributed by atoms with Crippen LogP contribution < -0.4 is 14.5 Å². The fraction of sp³-hybridized carbons (Fsp3) is 0.174. The van der Waals surface area contributed by atoms with Gasteiger partial charge in [-0.2, -0.15) is 5.10 Å². The zero-order valence-corrected chi connectivity index (χ0v) is 16.9. The van der Waals surface area contributed by atoms with Crippen LogP contribution >= 0.6 is 11.6 Å². The molecule has 4 rings (SSSR count). The summed E-state index contributed by atoms with van der Waals surface area (Å²) in [4.78, 5) is 0. The highest BCUT2D eigenvalue weighted by molar-refractivity contribution is 6.30. The summed E-state index contributed by atoms with van der Waals surface area (Å²) in [5.74, 6) is 1.18. The number of hydrazone groups is 1. The summed E-state index contributed by atoms with van der Waals surface area (Å²) < 4.78 is 24.3. The van der Waals surface area contributed by atoms with Gasteiger partial charge in [0.15, 0.2) is 0 Å². The fourth-order valence-corrected chi connectivity index (χ4v) is 3.62. The molecular weight excluding hydrogens is 391 g/mol. The van der Waals surface area contributed by atoms with Gasteiger partial charge in [0, 0.05) is 23.1 Å². The molecule has 0 aliphatic carbocycles. The monoisotopic (exact) mass is 410 g/mol. The van der Waals surface area contributed by atoms with Gasteiger partial charge in [0.2, 0.25) is 0 Å². The number of halogens is 2. The number of benzene rings is 3. The Bertz CT molecular complexity index is 1040. The number of rotatable bonds is 5. The summed E-state index contributed by atoms with van der Waals surface area (Å²) in [6.45, 7) is 0. The van der Waals surface area contributed by atoms with Gasteiger partial charge in [-0.1, -0.05) is 23.7 Å². The second kappa shape index (κ2) is 8.13. The third-order valence-electron chi connectivity index (χ3n) is 4.98. The Morgan fingerprint density at radius 3 is 2.34 bits per heavy atom. The normalized spacial score (nSPS) is 15.9. The Hall–Kier alpha value is -3.05. The van der Waals surface area contributed by atoms with Crippen molar-refractivity contribution < 1.29 is 13.9 Å². The van der Waals surface area contributed by atoms with Crippen LogP contribution in [0.1, 0.15) is 23.6 Å². The van der Waals surface area contributed by atoms with Crippen LogP contribution in [0.3, 0.4) is 0 Å². The Kier molecular flexibility index (Phi) is 5.41. The molecule has 0 N–H and O–H groups in total. The molecule has 6 heteroatoms. The predicted molar refractivity (Wildman–Crippen MR) is 114 cm³/mol. The van der Waals surface area contributed by atoms with Crippen molar-refractivity contribution >= 4 is 23.0 Å². The molecule has 0 aromatic heterocycles. The summed E-state index contributed by atoms with van der Waals surface area (Å²) in [6, 6.07) is 19.6. The molecule has 1 heterocycles. The Labute approximate surface area is 174 Å². The lowest BCUT2D eigenvalue weighted by molar-refractivity contribution is 0.388. The molecule has 4 nitrogen and oxygen atoms in total. The standard InChI is InChI=1S/C23H20ClFN2O2/c1-28-19-11-12-20(23(13-19)29-2)22-14-21(15-3-7-17(25)8-4-15)26-27(22)18-9-5-16(24)6-10-18/h3-13,22H,14H2,1-2H3. The summed E-state index contributed by atoms with van der Waals surface area (Å²) >= 11 is 6.07. The van der Waals surface area contributed by atoms with E-state index in [4.69, 9.17) is 26.2 Å². The quantitative estimate of drug-likeness (QED) is 0.529. The van der Waals surface area contributed by atoms with Crippen molar-refractivity contribution in [2.45, 2.75) is 12.5 Å². The van der Waals surface area contributed by atoms with Crippen LogP contribution in [0.25, 0.3) is 0 Å². The first-order chi connectivity index (χ1) is 14.1. The topological polar surface area (TPSA) is 34.1 Å². The van der Waals surface area contributed by atoms with Crippen LogP contribution in [0.15, 0.2) is 71.8 Å². The van der Waals surface area contributed by atoms with Crippen LogP contribution in [0.5, 0.6) is 11.5 Å². The maximum atomic E-state index is 13.4. The summed E-state index contributed by atoms with van der Waals surface area (Å²) in [5.41, 5.74) is 3.67. The van der Waals surface area contributed by atoms with Crippen molar-refractivity contribution in [2.75, 3.05) is 19.2 Å². The summed E-state index contributed by atoms with van der Waals surface area (Å²) in [5, 5.41) is 7.48. The first-order valence-corrected chi connectivity index (χ1v) is 9.57. The van der Waals surface area contributed by atoms with Crippen molar-refractivity contribution in [2.24, 2.45) is 5.10 Å². The van der Waals surface area contributed by atoms with E-state index in [2.05, 4.69) is 0 Å². The lowest BCUT2D eigenvalue weighted by Gasteiger charge is -2.25. The van der Waals surface area contributed by atoms with E-state index in [0.717, 1.165) is 34.0 Å².